The summed E-state index contributed by atoms with van der Waals surface area (Å²) in [5.74, 6) is 0. The quantitative estimate of drug-likeness (QED) is 0.712. The molecule has 1 unspecified atom stereocenters. The normalized spacial score (nSPS) is 13.6. The van der Waals surface area contributed by atoms with Gasteiger partial charge in [0.1, 0.15) is 6.10 Å². The van der Waals surface area contributed by atoms with Crippen LogP contribution in [-0.2, 0) is 7.05 Å². The van der Waals surface area contributed by atoms with Crippen molar-refractivity contribution >= 4 is 0 Å². The second kappa shape index (κ2) is 4.39. The largest absolute Gasteiger partial charge is 0.385 e. The molecule has 0 saturated carbocycles. The molecule has 0 aliphatic carbocycles. The van der Waals surface area contributed by atoms with Crippen LogP contribution >= 0.6 is 0 Å². The van der Waals surface area contributed by atoms with Gasteiger partial charge in [0.2, 0.25) is 0 Å². The SMILES string of the molecule is CC(C)NCC(O)c1cncn1C. The minimum Gasteiger partial charge on any atom is -0.385 e. The fraction of sp³-hybridized carbons (Fsp3) is 0.667. The molecule has 0 aromatic carbocycles. The fourth-order valence-corrected chi connectivity index (χ4v) is 1.14. The summed E-state index contributed by atoms with van der Waals surface area (Å²) in [5, 5.41) is 12.9. The summed E-state index contributed by atoms with van der Waals surface area (Å²) < 4.78 is 1.83. The zero-order valence-electron chi connectivity index (χ0n) is 8.36. The Balaban J connectivity index is 2.49. The van der Waals surface area contributed by atoms with Gasteiger partial charge in [-0.05, 0) is 0 Å². The average molecular weight is 183 g/mol. The van der Waals surface area contributed by atoms with Gasteiger partial charge in [0.25, 0.3) is 0 Å². The Kier molecular flexibility index (Phi) is 3.45. The summed E-state index contributed by atoms with van der Waals surface area (Å²) in [7, 11) is 1.88. The van der Waals surface area contributed by atoms with Gasteiger partial charge in [0.05, 0.1) is 18.2 Å². The molecule has 2 N–H and O–H groups in total. The lowest BCUT2D eigenvalue weighted by Crippen LogP contribution is -2.28. The van der Waals surface area contributed by atoms with E-state index >= 15 is 0 Å². The summed E-state index contributed by atoms with van der Waals surface area (Å²) >= 11 is 0. The van der Waals surface area contributed by atoms with Gasteiger partial charge in [-0.25, -0.2) is 4.98 Å². The van der Waals surface area contributed by atoms with E-state index < -0.39 is 6.10 Å². The second-order valence-electron chi connectivity index (χ2n) is 3.51. The summed E-state index contributed by atoms with van der Waals surface area (Å²) in [5.41, 5.74) is 0.841. The summed E-state index contributed by atoms with van der Waals surface area (Å²) in [6.07, 6.45) is 2.90. The lowest BCUT2D eigenvalue weighted by molar-refractivity contribution is 0.163. The topological polar surface area (TPSA) is 50.1 Å². The third kappa shape index (κ3) is 2.82. The molecule has 0 amide bonds. The van der Waals surface area contributed by atoms with Crippen molar-refractivity contribution in [1.29, 1.82) is 0 Å². The van der Waals surface area contributed by atoms with E-state index in [1.165, 1.54) is 0 Å². The van der Waals surface area contributed by atoms with Crippen LogP contribution in [0.25, 0.3) is 0 Å². The minimum atomic E-state index is -0.477. The maximum absolute atomic E-state index is 9.72. The number of aliphatic hydroxyl groups is 1. The van der Waals surface area contributed by atoms with Gasteiger partial charge in [-0.2, -0.15) is 0 Å². The van der Waals surface area contributed by atoms with Crippen molar-refractivity contribution in [2.75, 3.05) is 6.54 Å². The Bertz CT molecular complexity index is 257. The van der Waals surface area contributed by atoms with Gasteiger partial charge in [-0.3, -0.25) is 0 Å². The van der Waals surface area contributed by atoms with Crippen molar-refractivity contribution in [2.45, 2.75) is 26.0 Å². The molecular weight excluding hydrogens is 166 g/mol. The van der Waals surface area contributed by atoms with Crippen LogP contribution < -0.4 is 5.32 Å². The highest BCUT2D eigenvalue weighted by Gasteiger charge is 2.10. The third-order valence-electron chi connectivity index (χ3n) is 1.91. The second-order valence-corrected chi connectivity index (χ2v) is 3.51. The predicted molar refractivity (Wildman–Crippen MR) is 51.3 cm³/mol. The molecule has 1 rings (SSSR count). The van der Waals surface area contributed by atoms with E-state index in [1.54, 1.807) is 12.5 Å². The Morgan fingerprint density at radius 3 is 2.77 bits per heavy atom. The molecule has 1 aromatic rings. The number of nitrogens with one attached hydrogen (secondary N) is 1. The van der Waals surface area contributed by atoms with Crippen LogP contribution in [-0.4, -0.2) is 27.2 Å². The molecule has 0 spiro atoms. The molecular formula is C9H17N3O. The van der Waals surface area contributed by atoms with Gasteiger partial charge in [-0.15, -0.1) is 0 Å². The van der Waals surface area contributed by atoms with E-state index in [-0.39, 0.29) is 0 Å². The standard InChI is InChI=1S/C9H17N3O/c1-7(2)11-5-9(13)8-4-10-6-12(8)3/h4,6-7,9,11,13H,5H2,1-3H3. The van der Waals surface area contributed by atoms with E-state index in [0.717, 1.165) is 5.69 Å². The van der Waals surface area contributed by atoms with E-state index in [4.69, 9.17) is 0 Å². The smallest absolute Gasteiger partial charge is 0.108 e. The molecule has 74 valence electrons. The van der Waals surface area contributed by atoms with Crippen molar-refractivity contribution in [2.24, 2.45) is 7.05 Å². The van der Waals surface area contributed by atoms with Crippen LogP contribution in [0.4, 0.5) is 0 Å². The molecule has 0 aliphatic rings. The van der Waals surface area contributed by atoms with Crippen LogP contribution in [0.1, 0.15) is 25.6 Å². The Morgan fingerprint density at radius 2 is 2.31 bits per heavy atom. The molecule has 13 heavy (non-hydrogen) atoms. The van der Waals surface area contributed by atoms with Crippen LogP contribution in [0.15, 0.2) is 12.5 Å². The van der Waals surface area contributed by atoms with E-state index in [0.29, 0.717) is 12.6 Å². The molecule has 1 atom stereocenters. The average Bonchev–Trinajstić information content (AvgIpc) is 2.47. The molecule has 4 heteroatoms. The van der Waals surface area contributed by atoms with Crippen molar-refractivity contribution in [3.05, 3.63) is 18.2 Å². The number of hydrogen-bond acceptors (Lipinski definition) is 3. The lowest BCUT2D eigenvalue weighted by atomic mass is 10.2. The molecule has 0 bridgehead atoms. The number of hydrogen-bond donors (Lipinski definition) is 2. The molecule has 0 saturated heterocycles. The summed E-state index contributed by atoms with van der Waals surface area (Å²) in [4.78, 5) is 3.95. The van der Waals surface area contributed by atoms with Crippen molar-refractivity contribution in [3.63, 3.8) is 0 Å². The van der Waals surface area contributed by atoms with Crippen LogP contribution in [0.3, 0.4) is 0 Å². The van der Waals surface area contributed by atoms with Gasteiger partial charge < -0.3 is 15.0 Å². The zero-order chi connectivity index (χ0) is 9.84. The van der Waals surface area contributed by atoms with Gasteiger partial charge >= 0.3 is 0 Å². The molecule has 0 aliphatic heterocycles. The van der Waals surface area contributed by atoms with Crippen LogP contribution in [0.5, 0.6) is 0 Å². The molecule has 1 heterocycles. The van der Waals surface area contributed by atoms with Crippen LogP contribution in [0, 0.1) is 0 Å². The molecule has 0 fully saturated rings. The van der Waals surface area contributed by atoms with Crippen LogP contribution in [0.2, 0.25) is 0 Å². The first-order valence-corrected chi connectivity index (χ1v) is 4.49. The summed E-state index contributed by atoms with van der Waals surface area (Å²) in [6.45, 7) is 4.67. The highest BCUT2D eigenvalue weighted by molar-refractivity contribution is 5.02. The lowest BCUT2D eigenvalue weighted by Gasteiger charge is -2.14. The molecule has 4 nitrogen and oxygen atoms in total. The summed E-state index contributed by atoms with van der Waals surface area (Å²) in [6, 6.07) is 0.392. The first kappa shape index (κ1) is 10.2. The Hall–Kier alpha value is -0.870. The third-order valence-corrected chi connectivity index (χ3v) is 1.91. The number of imidazole rings is 1. The first-order valence-electron chi connectivity index (χ1n) is 4.49. The monoisotopic (exact) mass is 183 g/mol. The van der Waals surface area contributed by atoms with Gasteiger partial charge in [0.15, 0.2) is 0 Å². The van der Waals surface area contributed by atoms with E-state index in [2.05, 4.69) is 24.1 Å². The Labute approximate surface area is 78.6 Å². The Morgan fingerprint density at radius 1 is 1.62 bits per heavy atom. The highest BCUT2D eigenvalue weighted by atomic mass is 16.3. The number of aryl methyl sites for hydroxylation is 1. The first-order chi connectivity index (χ1) is 6.11. The van der Waals surface area contributed by atoms with Gasteiger partial charge in [0, 0.05) is 19.6 Å². The number of aromatic nitrogens is 2. The molecule has 1 aromatic heterocycles. The predicted octanol–water partition coefficient (Wildman–Crippen LogP) is 0.451. The number of nitrogens with zero attached hydrogens (tertiary/aromatic N) is 2. The molecule has 0 radical (unpaired) electrons. The number of aliphatic hydroxyl groups excluding tert-OH is 1. The van der Waals surface area contributed by atoms with Gasteiger partial charge in [-0.1, -0.05) is 13.8 Å². The zero-order valence-corrected chi connectivity index (χ0v) is 8.36. The van der Waals surface area contributed by atoms with Crippen molar-refractivity contribution in [1.82, 2.24) is 14.9 Å². The minimum absolute atomic E-state index is 0.392. The maximum Gasteiger partial charge on any atom is 0.108 e. The maximum atomic E-state index is 9.72. The highest BCUT2D eigenvalue weighted by Crippen LogP contribution is 2.09. The van der Waals surface area contributed by atoms with Crippen molar-refractivity contribution in [3.8, 4) is 0 Å². The van der Waals surface area contributed by atoms with Crippen molar-refractivity contribution < 1.29 is 5.11 Å². The fourth-order valence-electron chi connectivity index (χ4n) is 1.14. The number of rotatable bonds is 4. The van der Waals surface area contributed by atoms with E-state index in [9.17, 15) is 5.11 Å². The van der Waals surface area contributed by atoms with E-state index in [1.807, 2.05) is 11.6 Å².